The standard InChI is InChI=1S/C11H13FN4O/c1-11(17,7-10-13-15-16(2)14-10)8-4-3-5-9(12)6-8/h3-6,17H,7H2,1-2H3. The van der Waals surface area contributed by atoms with Crippen LogP contribution in [0.4, 0.5) is 4.39 Å². The lowest BCUT2D eigenvalue weighted by molar-refractivity contribution is 0.0550. The van der Waals surface area contributed by atoms with Crippen LogP contribution in [0.2, 0.25) is 0 Å². The van der Waals surface area contributed by atoms with Gasteiger partial charge in [0.25, 0.3) is 0 Å². The molecule has 0 amide bonds. The van der Waals surface area contributed by atoms with Gasteiger partial charge in [-0.2, -0.15) is 4.80 Å². The van der Waals surface area contributed by atoms with Gasteiger partial charge in [0.15, 0.2) is 5.82 Å². The first-order valence-corrected chi connectivity index (χ1v) is 5.19. The summed E-state index contributed by atoms with van der Waals surface area (Å²) in [6.45, 7) is 1.60. The van der Waals surface area contributed by atoms with E-state index in [1.807, 2.05) is 0 Å². The van der Waals surface area contributed by atoms with E-state index in [0.29, 0.717) is 11.4 Å². The van der Waals surface area contributed by atoms with Crippen molar-refractivity contribution in [2.45, 2.75) is 18.9 Å². The van der Waals surface area contributed by atoms with Crippen LogP contribution in [0.15, 0.2) is 24.3 Å². The molecular weight excluding hydrogens is 223 g/mol. The van der Waals surface area contributed by atoms with E-state index in [4.69, 9.17) is 0 Å². The normalized spacial score (nSPS) is 14.6. The minimum absolute atomic E-state index is 0.185. The van der Waals surface area contributed by atoms with Gasteiger partial charge in [0.2, 0.25) is 0 Å². The monoisotopic (exact) mass is 236 g/mol. The zero-order chi connectivity index (χ0) is 12.5. The van der Waals surface area contributed by atoms with Crippen molar-refractivity contribution in [3.05, 3.63) is 41.5 Å². The number of hydrogen-bond donors (Lipinski definition) is 1. The lowest BCUT2D eigenvalue weighted by Crippen LogP contribution is -2.25. The van der Waals surface area contributed by atoms with Gasteiger partial charge in [-0.1, -0.05) is 12.1 Å². The van der Waals surface area contributed by atoms with Crippen molar-refractivity contribution >= 4 is 0 Å². The second kappa shape index (κ2) is 4.21. The Balaban J connectivity index is 2.24. The molecule has 1 aromatic heterocycles. The first kappa shape index (κ1) is 11.7. The fourth-order valence-electron chi connectivity index (χ4n) is 1.63. The predicted octanol–water partition coefficient (Wildman–Crippen LogP) is 0.799. The summed E-state index contributed by atoms with van der Waals surface area (Å²) in [6, 6.07) is 5.86. The van der Waals surface area contributed by atoms with Gasteiger partial charge in [-0.15, -0.1) is 10.2 Å². The number of hydrogen-bond acceptors (Lipinski definition) is 4. The molecule has 0 aliphatic rings. The van der Waals surface area contributed by atoms with Crippen LogP contribution in [0, 0.1) is 5.82 Å². The molecule has 0 aliphatic heterocycles. The number of nitrogens with zero attached hydrogens (tertiary/aromatic N) is 4. The molecule has 0 spiro atoms. The molecule has 0 fully saturated rings. The van der Waals surface area contributed by atoms with E-state index in [1.165, 1.54) is 16.9 Å². The summed E-state index contributed by atoms with van der Waals surface area (Å²) in [4.78, 5) is 1.32. The van der Waals surface area contributed by atoms with E-state index >= 15 is 0 Å². The SMILES string of the molecule is Cn1nnc(CC(C)(O)c2cccc(F)c2)n1. The largest absolute Gasteiger partial charge is 0.385 e. The van der Waals surface area contributed by atoms with E-state index in [0.717, 1.165) is 0 Å². The smallest absolute Gasteiger partial charge is 0.178 e. The summed E-state index contributed by atoms with van der Waals surface area (Å²) in [5.74, 6) is 0.0386. The Morgan fingerprint density at radius 1 is 1.47 bits per heavy atom. The van der Waals surface area contributed by atoms with Gasteiger partial charge >= 0.3 is 0 Å². The number of tetrazole rings is 1. The Labute approximate surface area is 97.9 Å². The average molecular weight is 236 g/mol. The Morgan fingerprint density at radius 3 is 2.82 bits per heavy atom. The van der Waals surface area contributed by atoms with Gasteiger partial charge in [0, 0.05) is 6.42 Å². The maximum Gasteiger partial charge on any atom is 0.178 e. The van der Waals surface area contributed by atoms with Crippen molar-refractivity contribution in [3.63, 3.8) is 0 Å². The summed E-state index contributed by atoms with van der Waals surface area (Å²) >= 11 is 0. The summed E-state index contributed by atoms with van der Waals surface area (Å²) < 4.78 is 13.1. The molecular formula is C11H13FN4O. The number of aliphatic hydroxyl groups is 1. The quantitative estimate of drug-likeness (QED) is 0.856. The maximum absolute atomic E-state index is 13.1. The van der Waals surface area contributed by atoms with Crippen molar-refractivity contribution in [1.29, 1.82) is 0 Å². The predicted molar refractivity (Wildman–Crippen MR) is 58.5 cm³/mol. The Bertz CT molecular complexity index is 524. The molecule has 2 aromatic rings. The molecule has 1 aromatic carbocycles. The minimum atomic E-state index is -1.22. The topological polar surface area (TPSA) is 63.8 Å². The van der Waals surface area contributed by atoms with Gasteiger partial charge in [-0.25, -0.2) is 4.39 Å². The van der Waals surface area contributed by atoms with Crippen LogP contribution in [0.5, 0.6) is 0 Å². The van der Waals surface area contributed by atoms with Gasteiger partial charge in [-0.05, 0) is 29.8 Å². The fraction of sp³-hybridized carbons (Fsp3) is 0.364. The molecule has 0 bridgehead atoms. The van der Waals surface area contributed by atoms with Crippen molar-refractivity contribution in [2.75, 3.05) is 0 Å². The average Bonchev–Trinajstić information content (AvgIpc) is 2.63. The van der Waals surface area contributed by atoms with Gasteiger partial charge in [-0.3, -0.25) is 0 Å². The van der Waals surface area contributed by atoms with E-state index in [-0.39, 0.29) is 12.2 Å². The zero-order valence-corrected chi connectivity index (χ0v) is 9.63. The highest BCUT2D eigenvalue weighted by molar-refractivity contribution is 5.23. The van der Waals surface area contributed by atoms with Crippen LogP contribution in [0.1, 0.15) is 18.3 Å². The lowest BCUT2D eigenvalue weighted by atomic mass is 9.92. The number of rotatable bonds is 3. The number of aryl methyl sites for hydroxylation is 1. The Morgan fingerprint density at radius 2 is 2.24 bits per heavy atom. The molecule has 0 radical (unpaired) electrons. The summed E-state index contributed by atoms with van der Waals surface area (Å²) in [6.07, 6.45) is 0.185. The van der Waals surface area contributed by atoms with E-state index in [1.54, 1.807) is 26.1 Å². The van der Waals surface area contributed by atoms with Gasteiger partial charge in [0.1, 0.15) is 5.82 Å². The molecule has 2 rings (SSSR count). The van der Waals surface area contributed by atoms with Crippen LogP contribution in [-0.4, -0.2) is 25.3 Å². The van der Waals surface area contributed by atoms with Crippen LogP contribution in [0.3, 0.4) is 0 Å². The molecule has 1 unspecified atom stereocenters. The molecule has 0 saturated heterocycles. The third kappa shape index (κ3) is 2.65. The number of benzene rings is 1. The highest BCUT2D eigenvalue weighted by Gasteiger charge is 2.26. The summed E-state index contributed by atoms with van der Waals surface area (Å²) in [5, 5.41) is 21.8. The molecule has 0 saturated carbocycles. The van der Waals surface area contributed by atoms with Crippen LogP contribution >= 0.6 is 0 Å². The summed E-state index contributed by atoms with van der Waals surface area (Å²) in [7, 11) is 1.65. The number of halogens is 1. The molecule has 90 valence electrons. The van der Waals surface area contributed by atoms with Crippen molar-refractivity contribution < 1.29 is 9.50 Å². The van der Waals surface area contributed by atoms with Crippen molar-refractivity contribution in [1.82, 2.24) is 20.2 Å². The highest BCUT2D eigenvalue weighted by atomic mass is 19.1. The van der Waals surface area contributed by atoms with E-state index < -0.39 is 5.60 Å². The summed E-state index contributed by atoms with van der Waals surface area (Å²) in [5.41, 5.74) is -0.726. The van der Waals surface area contributed by atoms with E-state index in [2.05, 4.69) is 15.4 Å². The molecule has 5 nitrogen and oxygen atoms in total. The zero-order valence-electron chi connectivity index (χ0n) is 9.63. The first-order valence-electron chi connectivity index (χ1n) is 5.19. The Kier molecular flexibility index (Phi) is 2.89. The number of aromatic nitrogens is 4. The molecule has 6 heteroatoms. The van der Waals surface area contributed by atoms with Crippen LogP contribution in [-0.2, 0) is 19.1 Å². The molecule has 1 atom stereocenters. The molecule has 1 heterocycles. The molecule has 1 N–H and O–H groups in total. The highest BCUT2D eigenvalue weighted by Crippen LogP contribution is 2.24. The maximum atomic E-state index is 13.1. The van der Waals surface area contributed by atoms with Gasteiger partial charge < -0.3 is 5.11 Å². The third-order valence-corrected chi connectivity index (χ3v) is 2.50. The van der Waals surface area contributed by atoms with E-state index in [9.17, 15) is 9.50 Å². The van der Waals surface area contributed by atoms with Gasteiger partial charge in [0.05, 0.1) is 12.6 Å². The lowest BCUT2D eigenvalue weighted by Gasteiger charge is -2.22. The molecule has 0 aliphatic carbocycles. The van der Waals surface area contributed by atoms with Crippen LogP contribution < -0.4 is 0 Å². The Hall–Kier alpha value is -1.82. The van der Waals surface area contributed by atoms with Crippen molar-refractivity contribution in [3.8, 4) is 0 Å². The van der Waals surface area contributed by atoms with Crippen LogP contribution in [0.25, 0.3) is 0 Å². The fourth-order valence-corrected chi connectivity index (χ4v) is 1.63. The van der Waals surface area contributed by atoms with Crippen molar-refractivity contribution in [2.24, 2.45) is 7.05 Å². The first-order chi connectivity index (χ1) is 7.97. The second-order valence-corrected chi connectivity index (χ2v) is 4.16. The minimum Gasteiger partial charge on any atom is -0.385 e. The molecule has 17 heavy (non-hydrogen) atoms. The third-order valence-electron chi connectivity index (χ3n) is 2.50. The second-order valence-electron chi connectivity index (χ2n) is 4.16.